The van der Waals surface area contributed by atoms with Gasteiger partial charge >= 0.3 is 0 Å². The molecule has 1 aliphatic heterocycles. The van der Waals surface area contributed by atoms with Gasteiger partial charge in [-0.15, -0.1) is 24.8 Å². The van der Waals surface area contributed by atoms with Crippen molar-refractivity contribution in [1.82, 2.24) is 10.2 Å². The highest BCUT2D eigenvalue weighted by Crippen LogP contribution is 2.40. The molecule has 1 aromatic rings. The van der Waals surface area contributed by atoms with E-state index in [0.29, 0.717) is 11.5 Å². The SMILES string of the molecule is Cl.Cl.Fc1ccc(F)c([C@@H](C2CCCC2)N2CCNCC2)c1. The third kappa shape index (κ3) is 4.31. The van der Waals surface area contributed by atoms with Crippen LogP contribution in [0.25, 0.3) is 0 Å². The molecule has 0 unspecified atom stereocenters. The summed E-state index contributed by atoms with van der Waals surface area (Å²) in [4.78, 5) is 2.34. The van der Waals surface area contributed by atoms with E-state index in [2.05, 4.69) is 10.2 Å². The second-order valence-electron chi connectivity index (χ2n) is 5.94. The summed E-state index contributed by atoms with van der Waals surface area (Å²) < 4.78 is 27.8. The van der Waals surface area contributed by atoms with Crippen molar-refractivity contribution < 1.29 is 8.78 Å². The molecule has 0 radical (unpaired) electrons. The summed E-state index contributed by atoms with van der Waals surface area (Å²) in [6, 6.07) is 3.92. The smallest absolute Gasteiger partial charge is 0.128 e. The number of nitrogens with one attached hydrogen (secondary N) is 1. The Morgan fingerprint density at radius 1 is 1.05 bits per heavy atom. The summed E-state index contributed by atoms with van der Waals surface area (Å²) in [5, 5.41) is 3.33. The van der Waals surface area contributed by atoms with E-state index >= 15 is 0 Å². The van der Waals surface area contributed by atoms with Crippen molar-refractivity contribution in [2.75, 3.05) is 26.2 Å². The molecule has 126 valence electrons. The first-order chi connectivity index (χ1) is 9.75. The average Bonchev–Trinajstić information content (AvgIpc) is 2.98. The molecule has 0 spiro atoms. The molecule has 1 heterocycles. The van der Waals surface area contributed by atoms with Crippen molar-refractivity contribution in [1.29, 1.82) is 0 Å². The monoisotopic (exact) mass is 352 g/mol. The summed E-state index contributed by atoms with van der Waals surface area (Å²) in [6.07, 6.45) is 4.68. The summed E-state index contributed by atoms with van der Waals surface area (Å²) in [6.45, 7) is 3.69. The highest BCUT2D eigenvalue weighted by atomic mass is 35.5. The van der Waals surface area contributed by atoms with Gasteiger partial charge in [-0.2, -0.15) is 0 Å². The first-order valence-electron chi connectivity index (χ1n) is 7.65. The zero-order valence-electron chi connectivity index (χ0n) is 12.6. The van der Waals surface area contributed by atoms with Crippen LogP contribution in [-0.4, -0.2) is 31.1 Å². The maximum Gasteiger partial charge on any atom is 0.128 e. The molecule has 1 saturated carbocycles. The molecule has 0 amide bonds. The Morgan fingerprint density at radius 2 is 1.68 bits per heavy atom. The van der Waals surface area contributed by atoms with E-state index in [1.54, 1.807) is 0 Å². The Kier molecular flexibility index (Phi) is 8.04. The van der Waals surface area contributed by atoms with Gasteiger partial charge in [0.25, 0.3) is 0 Å². The van der Waals surface area contributed by atoms with Crippen LogP contribution in [0.5, 0.6) is 0 Å². The van der Waals surface area contributed by atoms with E-state index in [4.69, 9.17) is 0 Å². The molecule has 2 fully saturated rings. The minimum absolute atomic E-state index is 0. The molecule has 0 aromatic heterocycles. The molecule has 6 heteroatoms. The maximum absolute atomic E-state index is 14.2. The Hall–Kier alpha value is -0.420. The summed E-state index contributed by atoms with van der Waals surface area (Å²) in [7, 11) is 0. The Bertz CT molecular complexity index is 461. The van der Waals surface area contributed by atoms with E-state index in [1.807, 2.05) is 0 Å². The van der Waals surface area contributed by atoms with Crippen molar-refractivity contribution in [3.8, 4) is 0 Å². The molecule has 1 saturated heterocycles. The van der Waals surface area contributed by atoms with E-state index in [0.717, 1.165) is 39.0 Å². The van der Waals surface area contributed by atoms with E-state index in [9.17, 15) is 8.78 Å². The van der Waals surface area contributed by atoms with Crippen LogP contribution >= 0.6 is 24.8 Å². The van der Waals surface area contributed by atoms with Gasteiger partial charge in [0.2, 0.25) is 0 Å². The highest BCUT2D eigenvalue weighted by Gasteiger charge is 2.33. The molecule has 1 aromatic carbocycles. The Labute approximate surface area is 143 Å². The molecule has 2 aliphatic rings. The van der Waals surface area contributed by atoms with E-state index < -0.39 is 0 Å². The van der Waals surface area contributed by atoms with Gasteiger partial charge in [-0.05, 0) is 37.0 Å². The van der Waals surface area contributed by atoms with Crippen LogP contribution in [-0.2, 0) is 0 Å². The van der Waals surface area contributed by atoms with Crippen LogP contribution in [0.3, 0.4) is 0 Å². The summed E-state index contributed by atoms with van der Waals surface area (Å²) >= 11 is 0. The topological polar surface area (TPSA) is 15.3 Å². The highest BCUT2D eigenvalue weighted by molar-refractivity contribution is 5.85. The van der Waals surface area contributed by atoms with Gasteiger partial charge < -0.3 is 5.32 Å². The van der Waals surface area contributed by atoms with Gasteiger partial charge in [0.1, 0.15) is 11.6 Å². The van der Waals surface area contributed by atoms with Crippen molar-refractivity contribution in [3.63, 3.8) is 0 Å². The van der Waals surface area contributed by atoms with Crippen molar-refractivity contribution >= 4 is 24.8 Å². The number of rotatable bonds is 3. The van der Waals surface area contributed by atoms with Gasteiger partial charge in [0, 0.05) is 37.8 Å². The minimum Gasteiger partial charge on any atom is -0.314 e. The lowest BCUT2D eigenvalue weighted by Gasteiger charge is -2.38. The second-order valence-corrected chi connectivity index (χ2v) is 5.94. The molecule has 0 bridgehead atoms. The lowest BCUT2D eigenvalue weighted by molar-refractivity contribution is 0.122. The number of benzene rings is 1. The van der Waals surface area contributed by atoms with Crippen LogP contribution in [0, 0.1) is 17.6 Å². The van der Waals surface area contributed by atoms with Crippen LogP contribution in [0.15, 0.2) is 18.2 Å². The minimum atomic E-state index is -0.334. The number of nitrogens with zero attached hydrogens (tertiary/aromatic N) is 1. The molecule has 3 rings (SSSR count). The van der Waals surface area contributed by atoms with E-state index in [1.165, 1.54) is 31.0 Å². The van der Waals surface area contributed by atoms with Gasteiger partial charge in [-0.25, -0.2) is 8.78 Å². The quantitative estimate of drug-likeness (QED) is 0.885. The van der Waals surface area contributed by atoms with Crippen LogP contribution < -0.4 is 5.32 Å². The molecule has 1 aliphatic carbocycles. The Morgan fingerprint density at radius 3 is 2.32 bits per heavy atom. The van der Waals surface area contributed by atoms with Crippen LogP contribution in [0.2, 0.25) is 0 Å². The number of hydrogen-bond acceptors (Lipinski definition) is 2. The third-order valence-corrected chi connectivity index (χ3v) is 4.67. The molecule has 22 heavy (non-hydrogen) atoms. The van der Waals surface area contributed by atoms with E-state index in [-0.39, 0.29) is 42.5 Å². The van der Waals surface area contributed by atoms with Crippen molar-refractivity contribution in [2.24, 2.45) is 5.92 Å². The molecule has 1 atom stereocenters. The number of hydrogen-bond donors (Lipinski definition) is 1. The van der Waals surface area contributed by atoms with Gasteiger partial charge in [-0.3, -0.25) is 4.90 Å². The zero-order valence-corrected chi connectivity index (χ0v) is 14.2. The summed E-state index contributed by atoms with van der Waals surface area (Å²) in [5.41, 5.74) is 0.554. The van der Waals surface area contributed by atoms with Gasteiger partial charge in [0.05, 0.1) is 0 Å². The first kappa shape index (κ1) is 19.6. The lowest BCUT2D eigenvalue weighted by Crippen LogP contribution is -2.47. The van der Waals surface area contributed by atoms with Crippen molar-refractivity contribution in [2.45, 2.75) is 31.7 Å². The molecular formula is C16H24Cl2F2N2. The second kappa shape index (κ2) is 9.02. The Balaban J connectivity index is 0.00000121. The predicted octanol–water partition coefficient (Wildman–Crippen LogP) is 3.94. The third-order valence-electron chi connectivity index (χ3n) is 4.67. The van der Waals surface area contributed by atoms with Crippen molar-refractivity contribution in [3.05, 3.63) is 35.4 Å². The maximum atomic E-state index is 14.2. The fourth-order valence-corrected chi connectivity index (χ4v) is 3.72. The standard InChI is InChI=1S/C16H22F2N2.2ClH/c17-13-5-6-15(18)14(11-13)16(12-3-1-2-4-12)20-9-7-19-8-10-20;;/h5-6,11-12,16,19H,1-4,7-10H2;2*1H/t16-;;/m1../s1. The van der Waals surface area contributed by atoms with Gasteiger partial charge in [0.15, 0.2) is 0 Å². The molecule has 1 N–H and O–H groups in total. The van der Waals surface area contributed by atoms with Crippen LogP contribution in [0.4, 0.5) is 8.78 Å². The zero-order chi connectivity index (χ0) is 13.9. The lowest BCUT2D eigenvalue weighted by atomic mass is 9.89. The summed E-state index contributed by atoms with van der Waals surface area (Å²) in [5.74, 6) is -0.134. The molecule has 2 nitrogen and oxygen atoms in total. The predicted molar refractivity (Wildman–Crippen MR) is 90.0 cm³/mol. The fourth-order valence-electron chi connectivity index (χ4n) is 3.72. The average molecular weight is 353 g/mol. The fraction of sp³-hybridized carbons (Fsp3) is 0.625. The van der Waals surface area contributed by atoms with Crippen LogP contribution in [0.1, 0.15) is 37.3 Å². The largest absolute Gasteiger partial charge is 0.314 e. The first-order valence-corrected chi connectivity index (χ1v) is 7.65. The normalized spacial score (nSPS) is 21.0. The van der Waals surface area contributed by atoms with Gasteiger partial charge in [-0.1, -0.05) is 12.8 Å². The number of halogens is 4. The number of piperazine rings is 1. The molecular weight excluding hydrogens is 329 g/mol.